The first-order valence-corrected chi connectivity index (χ1v) is 17.5. The van der Waals surface area contributed by atoms with Gasteiger partial charge in [0.25, 0.3) is 0 Å². The van der Waals surface area contributed by atoms with Crippen LogP contribution < -0.4 is 4.74 Å². The van der Waals surface area contributed by atoms with Crippen molar-refractivity contribution in [2.45, 2.75) is 75.2 Å². The molecule has 0 amide bonds. The molecule has 0 spiro atoms. The molecule has 0 bridgehead atoms. The number of alkyl halides is 2. The van der Waals surface area contributed by atoms with Gasteiger partial charge in [-0.3, -0.25) is 0 Å². The van der Waals surface area contributed by atoms with Gasteiger partial charge < -0.3 is 4.74 Å². The molecule has 1 aliphatic carbocycles. The summed E-state index contributed by atoms with van der Waals surface area (Å²) in [6.07, 6.45) is 7.36. The minimum Gasteiger partial charge on any atom is -0.429 e. The van der Waals surface area contributed by atoms with Crippen molar-refractivity contribution >= 4 is 10.2 Å². The second-order valence-electron chi connectivity index (χ2n) is 12.4. The van der Waals surface area contributed by atoms with Crippen molar-refractivity contribution in [1.82, 2.24) is 9.97 Å². The smallest absolute Gasteiger partial charge is 0.429 e. The van der Waals surface area contributed by atoms with Gasteiger partial charge in [0.05, 0.1) is 0 Å². The third-order valence-electron chi connectivity index (χ3n) is 8.68. The highest BCUT2D eigenvalue weighted by Gasteiger charge is 2.69. The van der Waals surface area contributed by atoms with E-state index < -0.39 is 84.9 Å². The summed E-state index contributed by atoms with van der Waals surface area (Å²) in [4.78, 5) is 5.09. The fourth-order valence-electron chi connectivity index (χ4n) is 6.22. The monoisotopic (exact) mass is 742 g/mol. The van der Waals surface area contributed by atoms with Crippen molar-refractivity contribution in [1.29, 1.82) is 0 Å². The van der Waals surface area contributed by atoms with Gasteiger partial charge >= 0.3 is 16.3 Å². The van der Waals surface area contributed by atoms with Crippen LogP contribution in [0.25, 0.3) is 22.5 Å². The number of aromatic nitrogens is 2. The first-order valence-electron chi connectivity index (χ1n) is 15.6. The Kier molecular flexibility index (Phi) is 9.69. The quantitative estimate of drug-likeness (QED) is 0.113. The number of halogens is 12. The highest BCUT2D eigenvalue weighted by molar-refractivity contribution is 8.45. The van der Waals surface area contributed by atoms with Gasteiger partial charge in [-0.15, -0.1) is 0 Å². The van der Waals surface area contributed by atoms with Crippen molar-refractivity contribution in [2.75, 3.05) is 0 Å². The van der Waals surface area contributed by atoms with E-state index in [4.69, 9.17) is 0 Å². The Morgan fingerprint density at radius 1 is 0.720 bits per heavy atom. The van der Waals surface area contributed by atoms with Crippen molar-refractivity contribution in [3.63, 3.8) is 0 Å². The van der Waals surface area contributed by atoms with E-state index in [-0.39, 0.29) is 11.4 Å². The average Bonchev–Trinajstić information content (AvgIpc) is 2.99. The van der Waals surface area contributed by atoms with Crippen molar-refractivity contribution < 1.29 is 54.9 Å². The first-order chi connectivity index (χ1) is 23.2. The van der Waals surface area contributed by atoms with Crippen LogP contribution in [0.15, 0.2) is 59.8 Å². The van der Waals surface area contributed by atoms with Crippen LogP contribution >= 0.6 is 10.2 Å². The normalized spacial score (nSPS) is 18.4. The number of benzene rings is 3. The summed E-state index contributed by atoms with van der Waals surface area (Å²) < 4.78 is 171. The van der Waals surface area contributed by atoms with Gasteiger partial charge in [0.2, 0.25) is 0 Å². The summed E-state index contributed by atoms with van der Waals surface area (Å²) in [5, 5.41) is 0. The van der Waals surface area contributed by atoms with E-state index in [1.165, 1.54) is 31.7 Å². The fraction of sp³-hybridized carbons (Fsp3) is 0.353. The number of unbranched alkanes of at least 4 members (excludes halogenated alkanes) is 2. The predicted octanol–water partition coefficient (Wildman–Crippen LogP) is 13.1. The second kappa shape index (κ2) is 13.0. The lowest BCUT2D eigenvalue weighted by Gasteiger charge is -2.40. The molecule has 3 nitrogen and oxygen atoms in total. The third-order valence-corrected chi connectivity index (χ3v) is 9.84. The van der Waals surface area contributed by atoms with E-state index in [1.54, 1.807) is 12.4 Å². The summed E-state index contributed by atoms with van der Waals surface area (Å²) in [7, 11) is -10.9. The predicted molar refractivity (Wildman–Crippen MR) is 164 cm³/mol. The standard InChI is InChI=1S/C34H30F12N2OS/c1-2-3-4-5-19-6-8-20(9-7-19)23-17-47-33(48-18-23)21-10-11-25(26(35)12-21)22-13-27(36)31(28(37)14-22)34(40,41)49-24-15-29(38)32(30(39)16-24)50(42,43,44,45)46/h10-20H,2-9H2,1H3. The first kappa shape index (κ1) is 37.3. The molecule has 1 aromatic heterocycles. The van der Waals surface area contributed by atoms with Crippen molar-refractivity contribution in [3.05, 3.63) is 95.1 Å². The van der Waals surface area contributed by atoms with E-state index in [0.717, 1.165) is 43.4 Å². The van der Waals surface area contributed by atoms with Crippen LogP contribution in [0.3, 0.4) is 0 Å². The molecular formula is C34H30F12N2OS. The number of hydrogen-bond acceptors (Lipinski definition) is 3. The Morgan fingerprint density at radius 3 is 1.80 bits per heavy atom. The molecule has 1 fully saturated rings. The Labute approximate surface area is 279 Å². The molecule has 4 aromatic rings. The van der Waals surface area contributed by atoms with E-state index in [0.29, 0.717) is 24.0 Å². The third kappa shape index (κ3) is 8.32. The second-order valence-corrected chi connectivity index (χ2v) is 14.7. The lowest BCUT2D eigenvalue weighted by atomic mass is 9.77. The fourth-order valence-corrected chi connectivity index (χ4v) is 7.08. The van der Waals surface area contributed by atoms with Crippen LogP contribution in [-0.4, -0.2) is 9.97 Å². The molecule has 0 aliphatic heterocycles. The summed E-state index contributed by atoms with van der Waals surface area (Å²) in [6.45, 7) is 2.17. The number of ether oxygens (including phenoxy) is 1. The summed E-state index contributed by atoms with van der Waals surface area (Å²) in [5.41, 5.74) is -1.96. The molecule has 16 heteroatoms. The lowest BCUT2D eigenvalue weighted by Crippen LogP contribution is -2.25. The highest BCUT2D eigenvalue weighted by atomic mass is 32.5. The minimum absolute atomic E-state index is 0.165. The maximum atomic E-state index is 15.2. The van der Waals surface area contributed by atoms with Crippen LogP contribution in [0.5, 0.6) is 5.75 Å². The zero-order valence-electron chi connectivity index (χ0n) is 26.3. The van der Waals surface area contributed by atoms with E-state index in [2.05, 4.69) is 21.6 Å². The van der Waals surface area contributed by atoms with Gasteiger partial charge in [0.15, 0.2) is 22.4 Å². The Balaban J connectivity index is 1.31. The van der Waals surface area contributed by atoms with E-state index in [9.17, 15) is 45.8 Å². The van der Waals surface area contributed by atoms with Gasteiger partial charge in [-0.2, -0.15) is 8.78 Å². The Hall–Kier alpha value is -3.95. The molecule has 272 valence electrons. The number of nitrogens with zero attached hydrogens (tertiary/aromatic N) is 2. The van der Waals surface area contributed by atoms with Crippen LogP contribution in [0.2, 0.25) is 0 Å². The molecule has 0 saturated heterocycles. The van der Waals surface area contributed by atoms with E-state index >= 15 is 4.39 Å². The van der Waals surface area contributed by atoms with Gasteiger partial charge in [-0.05, 0) is 66.8 Å². The van der Waals surface area contributed by atoms with E-state index in [1.807, 2.05) is 0 Å². The Morgan fingerprint density at radius 2 is 1.28 bits per heavy atom. The summed E-state index contributed by atoms with van der Waals surface area (Å²) in [6, 6.07) is 2.76. The molecular weight excluding hydrogens is 712 g/mol. The van der Waals surface area contributed by atoms with Gasteiger partial charge in [-0.1, -0.05) is 64.2 Å². The molecule has 3 aromatic carbocycles. The highest BCUT2D eigenvalue weighted by Crippen LogP contribution is 3.02. The zero-order chi connectivity index (χ0) is 36.7. The van der Waals surface area contributed by atoms with Gasteiger partial charge in [-0.25, -0.2) is 31.9 Å². The summed E-state index contributed by atoms with van der Waals surface area (Å²) in [5.74, 6) is -11.7. The largest absolute Gasteiger partial charge is 0.432 e. The van der Waals surface area contributed by atoms with Gasteiger partial charge in [0, 0.05) is 35.7 Å². The number of rotatable bonds is 11. The van der Waals surface area contributed by atoms with Crippen LogP contribution in [0.4, 0.5) is 50.2 Å². The van der Waals surface area contributed by atoms with Gasteiger partial charge in [0.1, 0.15) is 28.8 Å². The van der Waals surface area contributed by atoms with Crippen molar-refractivity contribution in [2.24, 2.45) is 5.92 Å². The molecule has 0 unspecified atom stereocenters. The maximum absolute atomic E-state index is 15.2. The van der Waals surface area contributed by atoms with Crippen LogP contribution in [-0.2, 0) is 6.11 Å². The molecule has 5 rings (SSSR count). The topological polar surface area (TPSA) is 35.0 Å². The molecule has 0 atom stereocenters. The number of hydrogen-bond donors (Lipinski definition) is 0. The van der Waals surface area contributed by atoms with Crippen LogP contribution in [0, 0.1) is 35.0 Å². The SMILES string of the molecule is CCCCCC1CCC(c2cnc(-c3ccc(-c4cc(F)c(C(F)(F)Oc5cc(F)c(S(F)(F)(F)(F)F)c(F)c5)c(F)c4)c(F)c3)nc2)CC1. The Bertz CT molecular complexity index is 1830. The molecule has 0 N–H and O–H groups in total. The van der Waals surface area contributed by atoms with Crippen LogP contribution in [0.1, 0.15) is 75.3 Å². The average molecular weight is 743 g/mol. The molecule has 1 heterocycles. The zero-order valence-corrected chi connectivity index (χ0v) is 27.1. The molecule has 1 aliphatic rings. The lowest BCUT2D eigenvalue weighted by molar-refractivity contribution is -0.189. The molecule has 0 radical (unpaired) electrons. The molecule has 1 saturated carbocycles. The summed E-state index contributed by atoms with van der Waals surface area (Å²) >= 11 is 0. The molecule has 50 heavy (non-hydrogen) atoms. The van der Waals surface area contributed by atoms with Crippen molar-refractivity contribution in [3.8, 4) is 28.3 Å². The minimum atomic E-state index is -10.9. The maximum Gasteiger partial charge on any atom is 0.432 e.